The Balaban J connectivity index is 1.97. The molecule has 2 saturated heterocycles. The van der Waals surface area contributed by atoms with Crippen LogP contribution >= 0.6 is 0 Å². The van der Waals surface area contributed by atoms with E-state index in [0.29, 0.717) is 51.3 Å². The molecule has 31 heavy (non-hydrogen) atoms. The predicted molar refractivity (Wildman–Crippen MR) is 117 cm³/mol. The molecule has 0 aromatic heterocycles. The van der Waals surface area contributed by atoms with Crippen molar-refractivity contribution < 1.29 is 24.2 Å². The van der Waals surface area contributed by atoms with Gasteiger partial charge in [0.15, 0.2) is 5.72 Å². The van der Waals surface area contributed by atoms with E-state index in [0.717, 1.165) is 32.1 Å². The summed E-state index contributed by atoms with van der Waals surface area (Å²) in [7, 11) is 1.51. The van der Waals surface area contributed by atoms with Crippen molar-refractivity contribution in [3.8, 4) is 0 Å². The van der Waals surface area contributed by atoms with Gasteiger partial charge in [0, 0.05) is 38.7 Å². The molecular formula is C24H36N2O5. The van der Waals surface area contributed by atoms with Gasteiger partial charge in [0.2, 0.25) is 0 Å². The Morgan fingerprint density at radius 2 is 1.77 bits per heavy atom. The number of ether oxygens (including phenoxy) is 2. The average molecular weight is 433 g/mol. The third-order valence-electron chi connectivity index (χ3n) is 6.43. The standard InChI is InChI=1S/C24H36N2O5/c1-30-22-13-9-4-2-3-8-12-21(27)20(18-26-14-16-31-17-15-26)24(29,25-23(22)28)19-10-6-5-7-11-19/h5-7,10-11,20,22,29H,2-4,8-9,12-18H2,1H3,(H,25,28)/t20-,22?,24-/m1/s1. The number of amides is 1. The Morgan fingerprint density at radius 3 is 2.48 bits per heavy atom. The lowest BCUT2D eigenvalue weighted by molar-refractivity contribution is -0.153. The topological polar surface area (TPSA) is 88.1 Å². The minimum Gasteiger partial charge on any atom is -0.379 e. The molecule has 0 spiro atoms. The van der Waals surface area contributed by atoms with Crippen molar-refractivity contribution in [2.75, 3.05) is 40.0 Å². The number of hydrogen-bond donors (Lipinski definition) is 2. The highest BCUT2D eigenvalue weighted by Gasteiger charge is 2.45. The molecule has 1 amide bonds. The van der Waals surface area contributed by atoms with E-state index < -0.39 is 17.7 Å². The molecule has 0 radical (unpaired) electrons. The highest BCUT2D eigenvalue weighted by molar-refractivity contribution is 5.86. The Labute approximate surface area is 185 Å². The summed E-state index contributed by atoms with van der Waals surface area (Å²) < 4.78 is 10.9. The number of nitrogens with one attached hydrogen (secondary N) is 1. The first-order valence-electron chi connectivity index (χ1n) is 11.5. The summed E-state index contributed by atoms with van der Waals surface area (Å²) in [4.78, 5) is 28.7. The maximum Gasteiger partial charge on any atom is 0.251 e. The first-order valence-corrected chi connectivity index (χ1v) is 11.5. The van der Waals surface area contributed by atoms with Crippen LogP contribution in [0.15, 0.2) is 30.3 Å². The van der Waals surface area contributed by atoms with Crippen LogP contribution in [0.2, 0.25) is 0 Å². The number of benzene rings is 1. The number of carbonyl (C=O) groups excluding carboxylic acids is 2. The maximum atomic E-state index is 13.4. The Morgan fingerprint density at radius 1 is 1.10 bits per heavy atom. The van der Waals surface area contributed by atoms with Gasteiger partial charge in [-0.05, 0) is 12.8 Å². The summed E-state index contributed by atoms with van der Waals surface area (Å²) in [6.07, 6.45) is 5.01. The number of rotatable bonds is 4. The number of hydrogen-bond acceptors (Lipinski definition) is 6. The molecule has 0 bridgehead atoms. The van der Waals surface area contributed by atoms with Gasteiger partial charge < -0.3 is 19.9 Å². The largest absolute Gasteiger partial charge is 0.379 e. The molecule has 3 atom stereocenters. The lowest BCUT2D eigenvalue weighted by atomic mass is 9.83. The van der Waals surface area contributed by atoms with E-state index in [9.17, 15) is 14.7 Å². The van der Waals surface area contributed by atoms with Crippen molar-refractivity contribution in [1.29, 1.82) is 0 Å². The van der Waals surface area contributed by atoms with E-state index >= 15 is 0 Å². The molecule has 2 fully saturated rings. The van der Waals surface area contributed by atoms with E-state index in [1.54, 1.807) is 12.1 Å². The number of ketones is 1. The molecule has 0 aliphatic carbocycles. The normalized spacial score (nSPS) is 30.0. The fraction of sp³-hybridized carbons (Fsp3) is 0.667. The molecule has 2 heterocycles. The van der Waals surface area contributed by atoms with Crippen molar-refractivity contribution in [3.05, 3.63) is 35.9 Å². The zero-order valence-electron chi connectivity index (χ0n) is 18.6. The number of morpholine rings is 1. The van der Waals surface area contributed by atoms with Crippen LogP contribution in [-0.4, -0.2) is 67.8 Å². The van der Waals surface area contributed by atoms with Gasteiger partial charge in [-0.25, -0.2) is 0 Å². The van der Waals surface area contributed by atoms with Gasteiger partial charge in [-0.15, -0.1) is 0 Å². The molecule has 1 aromatic carbocycles. The summed E-state index contributed by atoms with van der Waals surface area (Å²) in [5.74, 6) is -1.19. The molecule has 1 aromatic rings. The van der Waals surface area contributed by atoms with Gasteiger partial charge in [-0.2, -0.15) is 0 Å². The second-order valence-corrected chi connectivity index (χ2v) is 8.58. The van der Waals surface area contributed by atoms with Crippen LogP contribution in [0.1, 0.15) is 50.5 Å². The zero-order chi connectivity index (χ0) is 22.1. The van der Waals surface area contributed by atoms with E-state index in [1.807, 2.05) is 18.2 Å². The van der Waals surface area contributed by atoms with Gasteiger partial charge >= 0.3 is 0 Å². The predicted octanol–water partition coefficient (Wildman–Crippen LogP) is 2.22. The molecule has 7 heteroatoms. The van der Waals surface area contributed by atoms with Crippen LogP contribution in [0, 0.1) is 5.92 Å². The maximum absolute atomic E-state index is 13.4. The van der Waals surface area contributed by atoms with Gasteiger partial charge in [-0.3, -0.25) is 14.5 Å². The molecule has 1 unspecified atom stereocenters. The Kier molecular flexibility index (Phi) is 9.02. The van der Waals surface area contributed by atoms with Crippen molar-refractivity contribution in [2.24, 2.45) is 5.92 Å². The molecule has 7 nitrogen and oxygen atoms in total. The second kappa shape index (κ2) is 11.7. The van der Waals surface area contributed by atoms with Gasteiger partial charge in [0.05, 0.1) is 19.1 Å². The summed E-state index contributed by atoms with van der Waals surface area (Å²) in [6.45, 7) is 2.96. The number of methoxy groups -OCH3 is 1. The smallest absolute Gasteiger partial charge is 0.251 e. The molecule has 172 valence electrons. The van der Waals surface area contributed by atoms with Crippen LogP contribution < -0.4 is 5.32 Å². The highest BCUT2D eigenvalue weighted by Crippen LogP contribution is 2.31. The zero-order valence-corrected chi connectivity index (χ0v) is 18.6. The number of nitrogens with zero attached hydrogens (tertiary/aromatic N) is 1. The lowest BCUT2D eigenvalue weighted by Crippen LogP contribution is -2.59. The summed E-state index contributed by atoms with van der Waals surface area (Å²) in [6, 6.07) is 9.00. The van der Waals surface area contributed by atoms with Gasteiger partial charge in [-0.1, -0.05) is 56.0 Å². The van der Waals surface area contributed by atoms with Crippen molar-refractivity contribution in [3.63, 3.8) is 0 Å². The van der Waals surface area contributed by atoms with E-state index in [1.165, 1.54) is 7.11 Å². The first-order chi connectivity index (χ1) is 15.0. The number of carbonyl (C=O) groups is 2. The quantitative estimate of drug-likeness (QED) is 0.759. The number of aliphatic hydroxyl groups is 1. The third kappa shape index (κ3) is 6.35. The molecule has 2 aliphatic heterocycles. The second-order valence-electron chi connectivity index (χ2n) is 8.58. The van der Waals surface area contributed by atoms with Crippen LogP contribution in [0.5, 0.6) is 0 Å². The van der Waals surface area contributed by atoms with Crippen molar-refractivity contribution >= 4 is 11.7 Å². The van der Waals surface area contributed by atoms with E-state index in [-0.39, 0.29) is 11.7 Å². The summed E-state index contributed by atoms with van der Waals surface area (Å²) >= 11 is 0. The molecule has 2 N–H and O–H groups in total. The lowest BCUT2D eigenvalue weighted by Gasteiger charge is -2.40. The fourth-order valence-electron chi connectivity index (χ4n) is 4.52. The van der Waals surface area contributed by atoms with E-state index in [2.05, 4.69) is 10.2 Å². The van der Waals surface area contributed by atoms with Crippen molar-refractivity contribution in [2.45, 2.75) is 56.8 Å². The van der Waals surface area contributed by atoms with Crippen LogP contribution in [0.4, 0.5) is 0 Å². The van der Waals surface area contributed by atoms with Crippen LogP contribution in [0.25, 0.3) is 0 Å². The van der Waals surface area contributed by atoms with E-state index in [4.69, 9.17) is 9.47 Å². The average Bonchev–Trinajstić information content (AvgIpc) is 2.80. The van der Waals surface area contributed by atoms with Gasteiger partial charge in [0.25, 0.3) is 5.91 Å². The summed E-state index contributed by atoms with van der Waals surface area (Å²) in [5.41, 5.74) is -1.29. The number of Topliss-reactive ketones (excluding diaryl/α,β-unsaturated/α-hetero) is 1. The van der Waals surface area contributed by atoms with Crippen molar-refractivity contribution in [1.82, 2.24) is 10.2 Å². The van der Waals surface area contributed by atoms with Crippen LogP contribution in [-0.2, 0) is 24.8 Å². The molecule has 3 rings (SSSR count). The monoisotopic (exact) mass is 432 g/mol. The van der Waals surface area contributed by atoms with Gasteiger partial charge in [0.1, 0.15) is 11.9 Å². The molecule has 2 aliphatic rings. The minimum absolute atomic E-state index is 0.0219. The summed E-state index contributed by atoms with van der Waals surface area (Å²) in [5, 5.41) is 14.8. The molecular weight excluding hydrogens is 396 g/mol. The molecule has 0 saturated carbocycles. The fourth-order valence-corrected chi connectivity index (χ4v) is 4.52. The first kappa shape index (κ1) is 23.9. The highest BCUT2D eigenvalue weighted by atomic mass is 16.5. The van der Waals surface area contributed by atoms with Crippen LogP contribution in [0.3, 0.4) is 0 Å². The SMILES string of the molecule is COC1CCCCCCCC(=O)[C@@H](CN2CCOCC2)[C@](O)(c2ccccc2)NC1=O. The Bertz CT molecular complexity index is 707. The Hall–Kier alpha value is -1.80. The third-order valence-corrected chi connectivity index (χ3v) is 6.43. The minimum atomic E-state index is -1.81.